The zero-order valence-corrected chi connectivity index (χ0v) is 13.8. The van der Waals surface area contributed by atoms with Crippen LogP contribution >= 0.6 is 0 Å². The van der Waals surface area contributed by atoms with Crippen LogP contribution in [0.15, 0.2) is 0 Å². The zero-order chi connectivity index (χ0) is 15.4. The van der Waals surface area contributed by atoms with Crippen molar-refractivity contribution in [1.29, 1.82) is 0 Å². The summed E-state index contributed by atoms with van der Waals surface area (Å²) in [6.07, 6.45) is 2.80. The maximum absolute atomic E-state index is 12.3. The lowest BCUT2D eigenvalue weighted by Gasteiger charge is -2.40. The van der Waals surface area contributed by atoms with E-state index in [4.69, 9.17) is 5.73 Å². The van der Waals surface area contributed by atoms with E-state index in [9.17, 15) is 4.79 Å². The Morgan fingerprint density at radius 1 is 1.24 bits per heavy atom. The van der Waals surface area contributed by atoms with Gasteiger partial charge in [-0.15, -0.1) is 0 Å². The normalized spacial score (nSPS) is 29.8. The van der Waals surface area contributed by atoms with Gasteiger partial charge in [0.15, 0.2) is 0 Å². The summed E-state index contributed by atoms with van der Waals surface area (Å²) >= 11 is 0. The summed E-state index contributed by atoms with van der Waals surface area (Å²) in [6.45, 7) is 9.71. The molecule has 0 aromatic heterocycles. The number of hydrogen-bond acceptors (Lipinski definition) is 4. The maximum Gasteiger partial charge on any atom is 0.223 e. The highest BCUT2D eigenvalue weighted by atomic mass is 16.1. The molecule has 1 saturated heterocycles. The van der Waals surface area contributed by atoms with Gasteiger partial charge in [0.05, 0.1) is 0 Å². The van der Waals surface area contributed by atoms with Crippen LogP contribution in [-0.2, 0) is 4.79 Å². The van der Waals surface area contributed by atoms with Crippen LogP contribution in [0.1, 0.15) is 33.1 Å². The molecule has 0 bridgehead atoms. The molecule has 5 heteroatoms. The zero-order valence-electron chi connectivity index (χ0n) is 13.8. The van der Waals surface area contributed by atoms with Gasteiger partial charge in [-0.3, -0.25) is 9.69 Å². The van der Waals surface area contributed by atoms with Crippen LogP contribution in [-0.4, -0.2) is 67.6 Å². The number of likely N-dealkylation sites (N-methyl/N-ethyl adjacent to an activating group) is 1. The van der Waals surface area contributed by atoms with E-state index in [2.05, 4.69) is 36.0 Å². The molecule has 21 heavy (non-hydrogen) atoms. The lowest BCUT2D eigenvalue weighted by Crippen LogP contribution is -2.54. The number of carbonyl (C=O) groups is 1. The Bertz CT molecular complexity index is 339. The van der Waals surface area contributed by atoms with Gasteiger partial charge in [0.2, 0.25) is 5.91 Å². The lowest BCUT2D eigenvalue weighted by molar-refractivity contribution is -0.125. The van der Waals surface area contributed by atoms with Crippen LogP contribution in [0.5, 0.6) is 0 Å². The van der Waals surface area contributed by atoms with Gasteiger partial charge < -0.3 is 16.0 Å². The number of piperazine rings is 1. The van der Waals surface area contributed by atoms with Crippen molar-refractivity contribution in [3.63, 3.8) is 0 Å². The molecule has 1 aliphatic heterocycles. The van der Waals surface area contributed by atoms with Crippen molar-refractivity contribution < 1.29 is 4.79 Å². The Labute approximate surface area is 129 Å². The number of nitrogens with zero attached hydrogens (tertiary/aromatic N) is 2. The Kier molecular flexibility index (Phi) is 6.02. The molecule has 2 aliphatic rings. The van der Waals surface area contributed by atoms with Crippen molar-refractivity contribution in [2.75, 3.05) is 39.8 Å². The third kappa shape index (κ3) is 4.66. The monoisotopic (exact) mass is 296 g/mol. The predicted octanol–water partition coefficient (Wildman–Crippen LogP) is 0.502. The Hall–Kier alpha value is -0.650. The molecule has 0 spiro atoms. The molecular formula is C16H32N4O. The Balaban J connectivity index is 1.81. The fraction of sp³-hybridized carbons (Fsp3) is 0.938. The average Bonchev–Trinajstić information content (AvgIpc) is 2.87. The number of hydrogen-bond donors (Lipinski definition) is 2. The molecule has 3 atom stereocenters. The van der Waals surface area contributed by atoms with Crippen LogP contribution < -0.4 is 11.1 Å². The molecule has 0 aromatic carbocycles. The van der Waals surface area contributed by atoms with Gasteiger partial charge in [-0.25, -0.2) is 0 Å². The number of nitrogens with one attached hydrogen (secondary N) is 1. The molecule has 3 unspecified atom stereocenters. The van der Waals surface area contributed by atoms with E-state index in [-0.39, 0.29) is 17.9 Å². The Morgan fingerprint density at radius 2 is 1.90 bits per heavy atom. The summed E-state index contributed by atoms with van der Waals surface area (Å²) in [5, 5.41) is 3.19. The highest BCUT2D eigenvalue weighted by molar-refractivity contribution is 5.79. The first-order valence-corrected chi connectivity index (χ1v) is 8.43. The second-order valence-corrected chi connectivity index (χ2v) is 7.17. The number of nitrogens with two attached hydrogens (primary N) is 1. The van der Waals surface area contributed by atoms with Crippen molar-refractivity contribution >= 4 is 5.91 Å². The third-order valence-corrected chi connectivity index (χ3v) is 5.11. The SMILES string of the molecule is CC(C)C(CNC(=O)C1CCC(N)C1)N1CCN(C)CC1. The first-order valence-electron chi connectivity index (χ1n) is 8.43. The minimum Gasteiger partial charge on any atom is -0.354 e. The van der Waals surface area contributed by atoms with E-state index in [0.717, 1.165) is 52.0 Å². The molecule has 2 rings (SSSR count). The molecular weight excluding hydrogens is 264 g/mol. The van der Waals surface area contributed by atoms with Gasteiger partial charge in [0, 0.05) is 50.7 Å². The standard InChI is InChI=1S/C16H32N4O/c1-12(2)15(20-8-6-19(3)7-9-20)11-18-16(21)13-4-5-14(17)10-13/h12-15H,4-11,17H2,1-3H3,(H,18,21). The summed E-state index contributed by atoms with van der Waals surface area (Å²) in [5.74, 6) is 0.905. The number of rotatable bonds is 5. The predicted molar refractivity (Wildman–Crippen MR) is 86.0 cm³/mol. The largest absolute Gasteiger partial charge is 0.354 e. The van der Waals surface area contributed by atoms with E-state index in [1.807, 2.05) is 0 Å². The van der Waals surface area contributed by atoms with Crippen LogP contribution in [0, 0.1) is 11.8 Å². The highest BCUT2D eigenvalue weighted by Crippen LogP contribution is 2.24. The fourth-order valence-corrected chi connectivity index (χ4v) is 3.54. The smallest absolute Gasteiger partial charge is 0.223 e. The molecule has 0 radical (unpaired) electrons. The summed E-state index contributed by atoms with van der Waals surface area (Å²) < 4.78 is 0. The van der Waals surface area contributed by atoms with E-state index in [0.29, 0.717) is 12.0 Å². The summed E-state index contributed by atoms with van der Waals surface area (Å²) in [6, 6.07) is 0.664. The molecule has 5 nitrogen and oxygen atoms in total. The van der Waals surface area contributed by atoms with E-state index >= 15 is 0 Å². The maximum atomic E-state index is 12.3. The van der Waals surface area contributed by atoms with Crippen molar-refractivity contribution in [3.8, 4) is 0 Å². The van der Waals surface area contributed by atoms with Crippen LogP contribution in [0.4, 0.5) is 0 Å². The van der Waals surface area contributed by atoms with Crippen LogP contribution in [0.3, 0.4) is 0 Å². The molecule has 1 aliphatic carbocycles. The van der Waals surface area contributed by atoms with Gasteiger partial charge in [0.25, 0.3) is 0 Å². The molecule has 2 fully saturated rings. The summed E-state index contributed by atoms with van der Waals surface area (Å²) in [4.78, 5) is 17.2. The molecule has 122 valence electrons. The van der Waals surface area contributed by atoms with Crippen molar-refractivity contribution in [2.45, 2.75) is 45.2 Å². The minimum atomic E-state index is 0.139. The molecule has 1 amide bonds. The van der Waals surface area contributed by atoms with Gasteiger partial charge in [-0.2, -0.15) is 0 Å². The quantitative estimate of drug-likeness (QED) is 0.776. The van der Waals surface area contributed by atoms with E-state index < -0.39 is 0 Å². The number of carbonyl (C=O) groups excluding carboxylic acids is 1. The summed E-state index contributed by atoms with van der Waals surface area (Å²) in [7, 11) is 2.17. The second kappa shape index (κ2) is 7.56. The van der Waals surface area contributed by atoms with E-state index in [1.165, 1.54) is 0 Å². The first kappa shape index (κ1) is 16.7. The average molecular weight is 296 g/mol. The fourth-order valence-electron chi connectivity index (χ4n) is 3.54. The van der Waals surface area contributed by atoms with Gasteiger partial charge in [0.1, 0.15) is 0 Å². The number of amides is 1. The summed E-state index contributed by atoms with van der Waals surface area (Å²) in [5.41, 5.74) is 5.90. The molecule has 1 saturated carbocycles. The second-order valence-electron chi connectivity index (χ2n) is 7.17. The van der Waals surface area contributed by atoms with Crippen molar-refractivity contribution in [2.24, 2.45) is 17.6 Å². The molecule has 0 aromatic rings. The van der Waals surface area contributed by atoms with E-state index in [1.54, 1.807) is 0 Å². The minimum absolute atomic E-state index is 0.139. The van der Waals surface area contributed by atoms with Crippen molar-refractivity contribution in [1.82, 2.24) is 15.1 Å². The topological polar surface area (TPSA) is 61.6 Å². The highest BCUT2D eigenvalue weighted by Gasteiger charge is 2.30. The lowest BCUT2D eigenvalue weighted by atomic mass is 10.0. The first-order chi connectivity index (χ1) is 9.97. The molecule has 3 N–H and O–H groups in total. The van der Waals surface area contributed by atoms with Gasteiger partial charge in [-0.1, -0.05) is 13.8 Å². The van der Waals surface area contributed by atoms with Crippen LogP contribution in [0.2, 0.25) is 0 Å². The van der Waals surface area contributed by atoms with Crippen LogP contribution in [0.25, 0.3) is 0 Å². The van der Waals surface area contributed by atoms with Gasteiger partial charge >= 0.3 is 0 Å². The molecule has 1 heterocycles. The Morgan fingerprint density at radius 3 is 2.43 bits per heavy atom. The van der Waals surface area contributed by atoms with Gasteiger partial charge in [-0.05, 0) is 32.2 Å². The van der Waals surface area contributed by atoms with Crippen molar-refractivity contribution in [3.05, 3.63) is 0 Å². The third-order valence-electron chi connectivity index (χ3n) is 5.11.